The summed E-state index contributed by atoms with van der Waals surface area (Å²) in [5, 5.41) is 4.26. The van der Waals surface area contributed by atoms with Gasteiger partial charge in [-0.3, -0.25) is 9.71 Å². The Labute approximate surface area is 204 Å². The molecule has 11 nitrogen and oxygen atoms in total. The fraction of sp³-hybridized carbons (Fsp3) is 0.478. The fourth-order valence-corrected chi connectivity index (χ4v) is 4.94. The number of nitrogens with one attached hydrogen (secondary N) is 2. The number of anilines is 3. The van der Waals surface area contributed by atoms with Crippen molar-refractivity contribution in [1.29, 1.82) is 0 Å². The molecule has 3 aromatic heterocycles. The molecular weight excluding hydrogens is 470 g/mol. The monoisotopic (exact) mass is 499 g/mol. The van der Waals surface area contributed by atoms with Crippen LogP contribution in [-0.4, -0.2) is 73.1 Å². The van der Waals surface area contributed by atoms with Gasteiger partial charge in [0.1, 0.15) is 11.9 Å². The molecule has 2 aliphatic rings. The van der Waals surface area contributed by atoms with Gasteiger partial charge in [-0.15, -0.1) is 0 Å². The molecule has 12 heteroatoms. The number of sulfonamides is 1. The van der Waals surface area contributed by atoms with Crippen LogP contribution in [0.1, 0.15) is 25.7 Å². The van der Waals surface area contributed by atoms with Crippen molar-refractivity contribution in [2.24, 2.45) is 0 Å². The van der Waals surface area contributed by atoms with Crippen molar-refractivity contribution < 1.29 is 17.9 Å². The van der Waals surface area contributed by atoms with Crippen LogP contribution in [0.3, 0.4) is 0 Å². The summed E-state index contributed by atoms with van der Waals surface area (Å²) in [4.78, 5) is 20.1. The maximum atomic E-state index is 11.3. The molecule has 0 bridgehead atoms. The summed E-state index contributed by atoms with van der Waals surface area (Å²) < 4.78 is 36.9. The van der Waals surface area contributed by atoms with Gasteiger partial charge >= 0.3 is 0 Å². The van der Waals surface area contributed by atoms with E-state index in [0.717, 1.165) is 61.7 Å². The molecule has 0 unspecified atom stereocenters. The standard InChI is InChI=1S/C23H29N7O4S/c1-35(31,32)29-17-14-25-23(26-15-17)27-16-4-6-18(7-5-16)34-22-19-3-2-8-24-20(19)13-21(28-22)30-9-11-33-12-10-30/h2-3,8,13-16,18,29H,4-7,9-12H2,1H3,(H,25,26,27). The molecule has 186 valence electrons. The largest absolute Gasteiger partial charge is 0.474 e. The molecule has 0 amide bonds. The number of fused-ring (bicyclic) bond motifs is 1. The van der Waals surface area contributed by atoms with Crippen LogP contribution in [0.25, 0.3) is 10.9 Å². The van der Waals surface area contributed by atoms with Gasteiger partial charge in [0.25, 0.3) is 0 Å². The third kappa shape index (κ3) is 6.06. The van der Waals surface area contributed by atoms with Gasteiger partial charge in [0.05, 0.1) is 48.5 Å². The van der Waals surface area contributed by atoms with E-state index in [1.807, 2.05) is 18.2 Å². The van der Waals surface area contributed by atoms with Gasteiger partial charge in [-0.2, -0.15) is 4.98 Å². The Hall–Kier alpha value is -3.25. The minimum atomic E-state index is -3.35. The van der Waals surface area contributed by atoms with E-state index < -0.39 is 10.0 Å². The summed E-state index contributed by atoms with van der Waals surface area (Å²) in [6.07, 6.45) is 9.40. The van der Waals surface area contributed by atoms with Crippen molar-refractivity contribution in [2.75, 3.05) is 47.5 Å². The zero-order valence-electron chi connectivity index (χ0n) is 19.6. The Morgan fingerprint density at radius 1 is 1.09 bits per heavy atom. The molecule has 1 saturated heterocycles. The molecule has 0 aromatic carbocycles. The Balaban J connectivity index is 1.21. The summed E-state index contributed by atoms with van der Waals surface area (Å²) in [6.45, 7) is 2.98. The zero-order valence-corrected chi connectivity index (χ0v) is 20.4. The molecule has 2 fully saturated rings. The highest BCUT2D eigenvalue weighted by Gasteiger charge is 2.25. The molecule has 3 aromatic rings. The topological polar surface area (TPSA) is 131 Å². The van der Waals surface area contributed by atoms with Crippen LogP contribution in [0.15, 0.2) is 36.8 Å². The van der Waals surface area contributed by atoms with Crippen molar-refractivity contribution in [3.8, 4) is 5.88 Å². The Bertz CT molecular complexity index is 1260. The Morgan fingerprint density at radius 2 is 1.83 bits per heavy atom. The van der Waals surface area contributed by atoms with Crippen LogP contribution in [0.5, 0.6) is 5.88 Å². The van der Waals surface area contributed by atoms with Gasteiger partial charge < -0.3 is 19.7 Å². The van der Waals surface area contributed by atoms with E-state index >= 15 is 0 Å². The maximum absolute atomic E-state index is 11.3. The lowest BCUT2D eigenvalue weighted by atomic mass is 9.93. The summed E-state index contributed by atoms with van der Waals surface area (Å²) >= 11 is 0. The number of morpholine rings is 1. The van der Waals surface area contributed by atoms with Crippen molar-refractivity contribution >= 4 is 38.4 Å². The Kier molecular flexibility index (Phi) is 6.82. The SMILES string of the molecule is CS(=O)(=O)Nc1cnc(NC2CCC(Oc3nc(N4CCOCC4)cc4ncccc34)CC2)nc1. The van der Waals surface area contributed by atoms with Gasteiger partial charge in [0, 0.05) is 31.4 Å². The van der Waals surface area contributed by atoms with E-state index in [1.165, 1.54) is 12.4 Å². The number of hydrogen-bond acceptors (Lipinski definition) is 10. The minimum absolute atomic E-state index is 0.0613. The second-order valence-electron chi connectivity index (χ2n) is 8.86. The molecule has 0 radical (unpaired) electrons. The van der Waals surface area contributed by atoms with Crippen molar-refractivity contribution in [3.05, 3.63) is 36.8 Å². The third-order valence-electron chi connectivity index (χ3n) is 6.13. The smallest absolute Gasteiger partial charge is 0.229 e. The average molecular weight is 500 g/mol. The fourth-order valence-electron chi connectivity index (χ4n) is 4.41. The second kappa shape index (κ2) is 10.2. The van der Waals surface area contributed by atoms with E-state index in [9.17, 15) is 8.42 Å². The highest BCUT2D eigenvalue weighted by molar-refractivity contribution is 7.92. The number of hydrogen-bond donors (Lipinski definition) is 2. The van der Waals surface area contributed by atoms with E-state index in [2.05, 4.69) is 29.9 Å². The normalized spacial score (nSPS) is 21.0. The summed E-state index contributed by atoms with van der Waals surface area (Å²) in [6, 6.07) is 6.14. The number of nitrogens with zero attached hydrogens (tertiary/aromatic N) is 5. The van der Waals surface area contributed by atoms with Crippen LogP contribution in [0, 0.1) is 0 Å². The summed E-state index contributed by atoms with van der Waals surface area (Å²) in [5.74, 6) is 1.98. The van der Waals surface area contributed by atoms with Crippen LogP contribution < -0.4 is 19.7 Å². The molecular formula is C23H29N7O4S. The number of rotatable bonds is 7. The van der Waals surface area contributed by atoms with Crippen LogP contribution in [0.4, 0.5) is 17.5 Å². The number of aromatic nitrogens is 4. The van der Waals surface area contributed by atoms with Crippen molar-refractivity contribution in [1.82, 2.24) is 19.9 Å². The van der Waals surface area contributed by atoms with Crippen molar-refractivity contribution in [2.45, 2.75) is 37.8 Å². The molecule has 1 aliphatic carbocycles. The van der Waals surface area contributed by atoms with Gasteiger partial charge in [0.2, 0.25) is 21.9 Å². The van der Waals surface area contributed by atoms with E-state index in [0.29, 0.717) is 30.7 Å². The molecule has 35 heavy (non-hydrogen) atoms. The van der Waals surface area contributed by atoms with E-state index in [4.69, 9.17) is 14.5 Å². The van der Waals surface area contributed by atoms with Gasteiger partial charge in [-0.05, 0) is 37.8 Å². The molecule has 1 aliphatic heterocycles. The lowest BCUT2D eigenvalue weighted by Gasteiger charge is -2.31. The molecule has 4 heterocycles. The first-order valence-electron chi connectivity index (χ1n) is 11.7. The first-order chi connectivity index (χ1) is 16.9. The predicted octanol–water partition coefficient (Wildman–Crippen LogP) is 2.43. The quantitative estimate of drug-likeness (QED) is 0.499. The molecule has 2 N–H and O–H groups in total. The zero-order chi connectivity index (χ0) is 24.3. The van der Waals surface area contributed by atoms with Gasteiger partial charge in [-0.1, -0.05) is 0 Å². The number of ether oxygens (including phenoxy) is 2. The molecule has 0 spiro atoms. The Morgan fingerprint density at radius 3 is 2.54 bits per heavy atom. The van der Waals surface area contributed by atoms with E-state index in [1.54, 1.807) is 6.20 Å². The lowest BCUT2D eigenvalue weighted by Crippen LogP contribution is -2.37. The lowest BCUT2D eigenvalue weighted by molar-refractivity contribution is 0.122. The maximum Gasteiger partial charge on any atom is 0.229 e. The molecule has 5 rings (SSSR count). The minimum Gasteiger partial charge on any atom is -0.474 e. The van der Waals surface area contributed by atoms with E-state index in [-0.39, 0.29) is 12.1 Å². The number of pyridine rings is 2. The van der Waals surface area contributed by atoms with Crippen LogP contribution in [-0.2, 0) is 14.8 Å². The van der Waals surface area contributed by atoms with Crippen LogP contribution in [0.2, 0.25) is 0 Å². The average Bonchev–Trinajstić information content (AvgIpc) is 2.86. The third-order valence-corrected chi connectivity index (χ3v) is 6.73. The first kappa shape index (κ1) is 23.5. The van der Waals surface area contributed by atoms with Gasteiger partial charge in [0.15, 0.2) is 0 Å². The highest BCUT2D eigenvalue weighted by atomic mass is 32.2. The van der Waals surface area contributed by atoms with Crippen molar-refractivity contribution in [3.63, 3.8) is 0 Å². The summed E-state index contributed by atoms with van der Waals surface area (Å²) in [7, 11) is -3.35. The molecule has 1 saturated carbocycles. The summed E-state index contributed by atoms with van der Waals surface area (Å²) in [5.41, 5.74) is 1.21. The predicted molar refractivity (Wildman–Crippen MR) is 133 cm³/mol. The van der Waals surface area contributed by atoms with Gasteiger partial charge in [-0.25, -0.2) is 18.4 Å². The first-order valence-corrected chi connectivity index (χ1v) is 13.6. The highest BCUT2D eigenvalue weighted by Crippen LogP contribution is 2.31. The second-order valence-corrected chi connectivity index (χ2v) is 10.6. The van der Waals surface area contributed by atoms with Crippen LogP contribution >= 0.6 is 0 Å². The molecule has 0 atom stereocenters.